The fourth-order valence-corrected chi connectivity index (χ4v) is 4.34. The van der Waals surface area contributed by atoms with Crippen molar-refractivity contribution in [1.29, 1.82) is 0 Å². The van der Waals surface area contributed by atoms with Gasteiger partial charge in [0.2, 0.25) is 15.9 Å². The van der Waals surface area contributed by atoms with Crippen LogP contribution in [0.4, 0.5) is 18.9 Å². The molecule has 6 nitrogen and oxygen atoms in total. The van der Waals surface area contributed by atoms with Crippen molar-refractivity contribution in [1.82, 2.24) is 4.90 Å². The largest absolute Gasteiger partial charge is 0.457 e. The molecule has 180 valence electrons. The van der Waals surface area contributed by atoms with Crippen molar-refractivity contribution in [2.75, 3.05) is 17.5 Å². The monoisotopic (exact) mass is 484 g/mol. The van der Waals surface area contributed by atoms with E-state index in [4.69, 9.17) is 4.74 Å². The summed E-state index contributed by atoms with van der Waals surface area (Å²) in [5, 5.41) is 0. The summed E-state index contributed by atoms with van der Waals surface area (Å²) in [6.07, 6.45) is -2.02. The minimum atomic E-state index is -4.46. The predicted octanol–water partition coefficient (Wildman–Crippen LogP) is 5.58. The van der Waals surface area contributed by atoms with Crippen molar-refractivity contribution in [3.05, 3.63) is 53.6 Å². The van der Waals surface area contributed by atoms with E-state index in [1.165, 1.54) is 18.2 Å². The van der Waals surface area contributed by atoms with Crippen molar-refractivity contribution < 1.29 is 31.1 Å². The predicted molar refractivity (Wildman–Crippen MR) is 120 cm³/mol. The molecule has 1 amide bonds. The van der Waals surface area contributed by atoms with Crippen LogP contribution >= 0.6 is 0 Å². The number of sulfonamides is 1. The third kappa shape index (κ3) is 6.19. The summed E-state index contributed by atoms with van der Waals surface area (Å²) in [5.74, 6) is 0.485. The van der Waals surface area contributed by atoms with Crippen LogP contribution in [0, 0.1) is 5.41 Å². The van der Waals surface area contributed by atoms with Gasteiger partial charge in [-0.3, -0.25) is 9.52 Å². The minimum Gasteiger partial charge on any atom is -0.457 e. The van der Waals surface area contributed by atoms with Crippen LogP contribution in [-0.2, 0) is 21.0 Å². The molecule has 1 unspecified atom stereocenters. The molecule has 1 aliphatic heterocycles. The molecule has 2 aromatic rings. The highest BCUT2D eigenvalue weighted by atomic mass is 32.2. The first-order valence-corrected chi connectivity index (χ1v) is 12.3. The van der Waals surface area contributed by atoms with Gasteiger partial charge in [-0.25, -0.2) is 8.42 Å². The Morgan fingerprint density at radius 3 is 2.27 bits per heavy atom. The van der Waals surface area contributed by atoms with Crippen LogP contribution in [0.25, 0.3) is 0 Å². The second-order valence-electron chi connectivity index (χ2n) is 9.16. The molecule has 1 fully saturated rings. The minimum absolute atomic E-state index is 0.0491. The van der Waals surface area contributed by atoms with E-state index >= 15 is 0 Å². The van der Waals surface area contributed by atoms with Gasteiger partial charge in [-0.1, -0.05) is 20.8 Å². The second-order valence-corrected chi connectivity index (χ2v) is 10.9. The summed E-state index contributed by atoms with van der Waals surface area (Å²) < 4.78 is 70.4. The summed E-state index contributed by atoms with van der Waals surface area (Å²) >= 11 is 0. The molecule has 0 saturated carbocycles. The number of hydrogen-bond donors (Lipinski definition) is 1. The number of benzene rings is 2. The lowest BCUT2D eigenvalue weighted by molar-refractivity contribution is -0.140. The highest BCUT2D eigenvalue weighted by Crippen LogP contribution is 2.42. The number of hydrogen-bond acceptors (Lipinski definition) is 4. The SMILES string of the molecule is CC(C)(C)C(=O)N1CCCC1c1cc(NS(C)(=O)=O)ccc1Oc1ccc(C(F)(F)F)cc1. The lowest BCUT2D eigenvalue weighted by atomic mass is 9.93. The molecular formula is C23H27F3N2O4S. The lowest BCUT2D eigenvalue weighted by Crippen LogP contribution is -2.39. The van der Waals surface area contributed by atoms with Crippen molar-refractivity contribution in [3.8, 4) is 11.5 Å². The van der Waals surface area contributed by atoms with E-state index in [2.05, 4.69) is 4.72 Å². The molecule has 1 heterocycles. The van der Waals surface area contributed by atoms with E-state index in [1.807, 2.05) is 20.8 Å². The maximum atomic E-state index is 13.0. The average molecular weight is 485 g/mol. The van der Waals surface area contributed by atoms with E-state index < -0.39 is 27.2 Å². The lowest BCUT2D eigenvalue weighted by Gasteiger charge is -2.32. The maximum Gasteiger partial charge on any atom is 0.416 e. The number of rotatable bonds is 5. The van der Waals surface area contributed by atoms with Gasteiger partial charge in [-0.2, -0.15) is 13.2 Å². The zero-order valence-electron chi connectivity index (χ0n) is 18.9. The van der Waals surface area contributed by atoms with Gasteiger partial charge in [0.25, 0.3) is 0 Å². The van der Waals surface area contributed by atoms with Gasteiger partial charge in [0, 0.05) is 23.2 Å². The number of likely N-dealkylation sites (tertiary alicyclic amines) is 1. The standard InChI is InChI=1S/C23H27F3N2O4S/c1-22(2,3)21(29)28-13-5-6-19(28)18-14-16(27-33(4,30)31)9-12-20(18)32-17-10-7-15(8-11-17)23(24,25)26/h7-12,14,19,27H,5-6,13H2,1-4H3. The Kier molecular flexibility index (Phi) is 6.70. The number of amides is 1. The van der Waals surface area contributed by atoms with Gasteiger partial charge < -0.3 is 9.64 Å². The fourth-order valence-electron chi connectivity index (χ4n) is 3.78. The summed E-state index contributed by atoms with van der Waals surface area (Å²) in [6, 6.07) is 8.62. The molecule has 1 aliphatic rings. The highest BCUT2D eigenvalue weighted by molar-refractivity contribution is 7.92. The Labute approximate surface area is 191 Å². The second kappa shape index (κ2) is 8.89. The van der Waals surface area contributed by atoms with Crippen molar-refractivity contribution >= 4 is 21.6 Å². The molecule has 33 heavy (non-hydrogen) atoms. The molecule has 0 aliphatic carbocycles. The molecule has 1 saturated heterocycles. The summed E-state index contributed by atoms with van der Waals surface area (Å²) in [6.45, 7) is 6.02. The summed E-state index contributed by atoms with van der Waals surface area (Å²) in [4.78, 5) is 14.8. The molecule has 2 aromatic carbocycles. The Balaban J connectivity index is 2.00. The van der Waals surface area contributed by atoms with E-state index in [9.17, 15) is 26.4 Å². The van der Waals surface area contributed by atoms with E-state index in [0.717, 1.165) is 24.8 Å². The molecule has 0 radical (unpaired) electrons. The van der Waals surface area contributed by atoms with Gasteiger partial charge in [0.15, 0.2) is 0 Å². The number of anilines is 1. The molecule has 1 atom stereocenters. The number of nitrogens with zero attached hydrogens (tertiary/aromatic N) is 1. The summed E-state index contributed by atoms with van der Waals surface area (Å²) in [7, 11) is -3.54. The first-order valence-electron chi connectivity index (χ1n) is 10.4. The van der Waals surface area contributed by atoms with Crippen LogP contribution in [0.15, 0.2) is 42.5 Å². The third-order valence-corrected chi connectivity index (χ3v) is 5.84. The van der Waals surface area contributed by atoms with Gasteiger partial charge >= 0.3 is 6.18 Å². The van der Waals surface area contributed by atoms with E-state index in [1.54, 1.807) is 17.0 Å². The van der Waals surface area contributed by atoms with Crippen molar-refractivity contribution in [2.24, 2.45) is 5.41 Å². The molecule has 0 spiro atoms. The normalized spacial score (nSPS) is 17.2. The van der Waals surface area contributed by atoms with Crippen molar-refractivity contribution in [3.63, 3.8) is 0 Å². The van der Waals surface area contributed by atoms with Gasteiger partial charge in [-0.05, 0) is 55.3 Å². The number of carbonyl (C=O) groups is 1. The van der Waals surface area contributed by atoms with Crippen LogP contribution in [0.1, 0.15) is 50.8 Å². The number of carbonyl (C=O) groups excluding carboxylic acids is 1. The maximum absolute atomic E-state index is 13.0. The quantitative estimate of drug-likeness (QED) is 0.601. The van der Waals surface area contributed by atoms with Crippen LogP contribution in [-0.4, -0.2) is 32.0 Å². The topological polar surface area (TPSA) is 75.7 Å². The van der Waals surface area contributed by atoms with Gasteiger partial charge in [0.1, 0.15) is 11.5 Å². The zero-order valence-corrected chi connectivity index (χ0v) is 19.7. The van der Waals surface area contributed by atoms with Crippen LogP contribution in [0.5, 0.6) is 11.5 Å². The van der Waals surface area contributed by atoms with Crippen LogP contribution in [0.3, 0.4) is 0 Å². The molecule has 10 heteroatoms. The molecule has 0 aromatic heterocycles. The first-order chi connectivity index (χ1) is 15.1. The number of nitrogens with one attached hydrogen (secondary N) is 1. The molecule has 0 bridgehead atoms. The third-order valence-electron chi connectivity index (χ3n) is 5.24. The fraction of sp³-hybridized carbons (Fsp3) is 0.435. The van der Waals surface area contributed by atoms with Gasteiger partial charge in [-0.15, -0.1) is 0 Å². The molecule has 3 rings (SSSR count). The first kappa shape index (κ1) is 24.9. The van der Waals surface area contributed by atoms with Gasteiger partial charge in [0.05, 0.1) is 17.9 Å². The average Bonchev–Trinajstić information content (AvgIpc) is 3.15. The Bertz CT molecular complexity index is 1120. The van der Waals surface area contributed by atoms with E-state index in [-0.39, 0.29) is 17.7 Å². The van der Waals surface area contributed by atoms with E-state index in [0.29, 0.717) is 30.0 Å². The van der Waals surface area contributed by atoms with Crippen LogP contribution < -0.4 is 9.46 Å². The zero-order chi connectivity index (χ0) is 24.6. The Morgan fingerprint density at radius 2 is 1.73 bits per heavy atom. The molecule has 1 N–H and O–H groups in total. The number of halogens is 3. The van der Waals surface area contributed by atoms with Crippen molar-refractivity contribution in [2.45, 2.75) is 45.8 Å². The Morgan fingerprint density at radius 1 is 1.09 bits per heavy atom. The summed E-state index contributed by atoms with van der Waals surface area (Å²) in [5.41, 5.74) is -0.513. The smallest absolute Gasteiger partial charge is 0.416 e. The molecular weight excluding hydrogens is 457 g/mol. The highest BCUT2D eigenvalue weighted by Gasteiger charge is 2.37. The van der Waals surface area contributed by atoms with Crippen LogP contribution in [0.2, 0.25) is 0 Å². The Hall–Kier alpha value is -2.75. The number of ether oxygens (including phenoxy) is 1. The number of alkyl halides is 3.